The highest BCUT2D eigenvalue weighted by molar-refractivity contribution is 5.76. The van der Waals surface area contributed by atoms with Crippen LogP contribution in [0.1, 0.15) is 33.1 Å². The maximum absolute atomic E-state index is 11.8. The number of nitrogens with one attached hydrogen (secondary N) is 1. The summed E-state index contributed by atoms with van der Waals surface area (Å²) >= 11 is 0. The van der Waals surface area contributed by atoms with Crippen molar-refractivity contribution >= 4 is 5.91 Å². The van der Waals surface area contributed by atoms with E-state index in [1.807, 2.05) is 18.7 Å². The maximum Gasteiger partial charge on any atom is 0.222 e. The molecule has 1 fully saturated rings. The predicted molar refractivity (Wildman–Crippen MR) is 62.7 cm³/mol. The van der Waals surface area contributed by atoms with Gasteiger partial charge in [-0.05, 0) is 26.7 Å². The first-order chi connectivity index (χ1) is 7.55. The predicted octanol–water partition coefficient (Wildman–Crippen LogP) is 1.14. The lowest BCUT2D eigenvalue weighted by Crippen LogP contribution is -2.46. The molecule has 0 bridgehead atoms. The molecule has 0 aliphatic carbocycles. The van der Waals surface area contributed by atoms with Gasteiger partial charge in [0.1, 0.15) is 0 Å². The van der Waals surface area contributed by atoms with Gasteiger partial charge in [-0.3, -0.25) is 4.79 Å². The molecule has 1 aliphatic rings. The van der Waals surface area contributed by atoms with E-state index in [0.717, 1.165) is 39.0 Å². The molecule has 1 rings (SSSR count). The van der Waals surface area contributed by atoms with Gasteiger partial charge in [-0.1, -0.05) is 0 Å². The lowest BCUT2D eigenvalue weighted by Gasteiger charge is -2.27. The Labute approximate surface area is 97.6 Å². The summed E-state index contributed by atoms with van der Waals surface area (Å²) < 4.78 is 0. The van der Waals surface area contributed by atoms with Crippen LogP contribution in [0.25, 0.3) is 0 Å². The van der Waals surface area contributed by atoms with Crippen LogP contribution in [0, 0.1) is 16.7 Å². The number of nitriles is 1. The Kier molecular flexibility index (Phi) is 4.75. The summed E-state index contributed by atoms with van der Waals surface area (Å²) in [6, 6.07) is 2.26. The van der Waals surface area contributed by atoms with Crippen molar-refractivity contribution in [1.29, 1.82) is 5.26 Å². The fourth-order valence-electron chi connectivity index (χ4n) is 1.81. The highest BCUT2D eigenvalue weighted by Gasteiger charge is 2.19. The minimum absolute atomic E-state index is 0.232. The van der Waals surface area contributed by atoms with Gasteiger partial charge < -0.3 is 10.2 Å². The van der Waals surface area contributed by atoms with E-state index in [2.05, 4.69) is 11.4 Å². The molecule has 0 spiro atoms. The van der Waals surface area contributed by atoms with Gasteiger partial charge in [-0.15, -0.1) is 0 Å². The summed E-state index contributed by atoms with van der Waals surface area (Å²) in [4.78, 5) is 13.7. The molecular formula is C12H21N3O. The molecule has 1 saturated heterocycles. The van der Waals surface area contributed by atoms with Gasteiger partial charge in [-0.2, -0.15) is 5.26 Å². The lowest BCUT2D eigenvalue weighted by atomic mass is 9.89. The molecule has 0 aromatic rings. The van der Waals surface area contributed by atoms with E-state index in [9.17, 15) is 4.79 Å². The van der Waals surface area contributed by atoms with Gasteiger partial charge in [-0.25, -0.2) is 0 Å². The first-order valence-electron chi connectivity index (χ1n) is 5.95. The van der Waals surface area contributed by atoms with Crippen LogP contribution in [0.5, 0.6) is 0 Å². The fraction of sp³-hybridized carbons (Fsp3) is 0.833. The van der Waals surface area contributed by atoms with Crippen molar-refractivity contribution in [3.05, 3.63) is 0 Å². The van der Waals surface area contributed by atoms with Gasteiger partial charge >= 0.3 is 0 Å². The zero-order valence-electron chi connectivity index (χ0n) is 10.3. The molecule has 0 aromatic heterocycles. The minimum Gasteiger partial charge on any atom is -0.340 e. The maximum atomic E-state index is 11.8. The van der Waals surface area contributed by atoms with Crippen LogP contribution in [0.15, 0.2) is 0 Å². The van der Waals surface area contributed by atoms with E-state index in [0.29, 0.717) is 6.42 Å². The van der Waals surface area contributed by atoms with E-state index in [-0.39, 0.29) is 11.3 Å². The van der Waals surface area contributed by atoms with Crippen LogP contribution in [-0.2, 0) is 4.79 Å². The van der Waals surface area contributed by atoms with Crippen molar-refractivity contribution in [2.24, 2.45) is 5.41 Å². The molecule has 0 unspecified atom stereocenters. The third kappa shape index (κ3) is 4.19. The van der Waals surface area contributed by atoms with E-state index in [4.69, 9.17) is 5.26 Å². The Balaban J connectivity index is 2.22. The largest absolute Gasteiger partial charge is 0.340 e. The van der Waals surface area contributed by atoms with E-state index in [1.54, 1.807) is 0 Å². The van der Waals surface area contributed by atoms with Crippen LogP contribution < -0.4 is 5.32 Å². The average molecular weight is 223 g/mol. The Morgan fingerprint density at radius 3 is 2.62 bits per heavy atom. The summed E-state index contributed by atoms with van der Waals surface area (Å²) in [7, 11) is 0. The SMILES string of the molecule is CC(C)(C#N)CCCC(=O)N1CCNCC1. The Morgan fingerprint density at radius 2 is 2.06 bits per heavy atom. The molecule has 4 nitrogen and oxygen atoms in total. The van der Waals surface area contributed by atoms with Gasteiger partial charge in [0.2, 0.25) is 5.91 Å². The van der Waals surface area contributed by atoms with Crippen molar-refractivity contribution in [3.8, 4) is 6.07 Å². The van der Waals surface area contributed by atoms with Crippen molar-refractivity contribution in [3.63, 3.8) is 0 Å². The number of hydrogen-bond donors (Lipinski definition) is 1. The van der Waals surface area contributed by atoms with E-state index >= 15 is 0 Å². The molecule has 1 aliphatic heterocycles. The standard InChI is InChI=1S/C12H21N3O/c1-12(2,10-13)5-3-4-11(16)15-8-6-14-7-9-15/h14H,3-9H2,1-2H3. The molecule has 0 aromatic carbocycles. The summed E-state index contributed by atoms with van der Waals surface area (Å²) in [5.74, 6) is 0.232. The highest BCUT2D eigenvalue weighted by Crippen LogP contribution is 2.21. The van der Waals surface area contributed by atoms with Gasteiger partial charge in [0.15, 0.2) is 0 Å². The minimum atomic E-state index is -0.302. The van der Waals surface area contributed by atoms with Crippen molar-refractivity contribution in [2.75, 3.05) is 26.2 Å². The summed E-state index contributed by atoms with van der Waals surface area (Å²) in [6.07, 6.45) is 2.18. The fourth-order valence-corrected chi connectivity index (χ4v) is 1.81. The van der Waals surface area contributed by atoms with Gasteiger partial charge in [0, 0.05) is 32.6 Å². The highest BCUT2D eigenvalue weighted by atomic mass is 16.2. The normalized spacial score (nSPS) is 16.9. The smallest absolute Gasteiger partial charge is 0.222 e. The van der Waals surface area contributed by atoms with Crippen molar-refractivity contribution in [2.45, 2.75) is 33.1 Å². The lowest BCUT2D eigenvalue weighted by molar-refractivity contribution is -0.131. The van der Waals surface area contributed by atoms with Crippen LogP contribution in [0.2, 0.25) is 0 Å². The van der Waals surface area contributed by atoms with E-state index < -0.39 is 0 Å². The molecule has 0 atom stereocenters. The molecule has 1 heterocycles. The molecule has 4 heteroatoms. The number of hydrogen-bond acceptors (Lipinski definition) is 3. The topological polar surface area (TPSA) is 56.1 Å². The van der Waals surface area contributed by atoms with Crippen LogP contribution in [0.3, 0.4) is 0 Å². The number of piperazine rings is 1. The Morgan fingerprint density at radius 1 is 1.44 bits per heavy atom. The third-order valence-electron chi connectivity index (χ3n) is 2.96. The van der Waals surface area contributed by atoms with Crippen LogP contribution in [0.4, 0.5) is 0 Å². The first-order valence-corrected chi connectivity index (χ1v) is 5.95. The molecule has 0 radical (unpaired) electrons. The molecule has 90 valence electrons. The van der Waals surface area contributed by atoms with Crippen LogP contribution >= 0.6 is 0 Å². The van der Waals surface area contributed by atoms with Gasteiger partial charge in [0.05, 0.1) is 11.5 Å². The summed E-state index contributed by atoms with van der Waals surface area (Å²) in [5.41, 5.74) is -0.302. The third-order valence-corrected chi connectivity index (χ3v) is 2.96. The summed E-state index contributed by atoms with van der Waals surface area (Å²) in [5, 5.41) is 12.1. The number of carbonyl (C=O) groups is 1. The Bertz CT molecular complexity index is 274. The van der Waals surface area contributed by atoms with E-state index in [1.165, 1.54) is 0 Å². The number of nitrogens with zero attached hydrogens (tertiary/aromatic N) is 2. The monoisotopic (exact) mass is 223 g/mol. The number of carbonyl (C=O) groups excluding carboxylic acids is 1. The molecule has 1 N–H and O–H groups in total. The molecular weight excluding hydrogens is 202 g/mol. The quantitative estimate of drug-likeness (QED) is 0.777. The Hall–Kier alpha value is -1.08. The number of amides is 1. The second kappa shape index (κ2) is 5.86. The zero-order chi connectivity index (χ0) is 12.0. The second-order valence-corrected chi connectivity index (χ2v) is 4.98. The zero-order valence-corrected chi connectivity index (χ0v) is 10.3. The second-order valence-electron chi connectivity index (χ2n) is 4.98. The van der Waals surface area contributed by atoms with Crippen molar-refractivity contribution < 1.29 is 4.79 Å². The summed E-state index contributed by atoms with van der Waals surface area (Å²) in [6.45, 7) is 7.27. The number of rotatable bonds is 4. The molecule has 0 saturated carbocycles. The molecule has 16 heavy (non-hydrogen) atoms. The van der Waals surface area contributed by atoms with Crippen molar-refractivity contribution in [1.82, 2.24) is 10.2 Å². The first kappa shape index (κ1) is 13.0. The average Bonchev–Trinajstić information content (AvgIpc) is 2.30. The van der Waals surface area contributed by atoms with Crippen LogP contribution in [-0.4, -0.2) is 37.0 Å². The van der Waals surface area contributed by atoms with Gasteiger partial charge in [0.25, 0.3) is 0 Å². The molecule has 1 amide bonds.